The molecule has 0 radical (unpaired) electrons. The van der Waals surface area contributed by atoms with E-state index in [-0.39, 0.29) is 24.0 Å². The zero-order valence-corrected chi connectivity index (χ0v) is 14.8. The van der Waals surface area contributed by atoms with Gasteiger partial charge in [-0.2, -0.15) is 0 Å². The standard InChI is InChI=1S/C20H32O4/c1-2-3-6-9-16-12-15-19(22)18(16)14-13-17(21)10-7-4-5-8-11-20(23)24/h12-18,21H,2-11H2,1H3,(H,23,24)/b14-13+/t16-,17-,18-/m1/s1. The minimum absolute atomic E-state index is 0.105. The number of rotatable bonds is 13. The molecule has 0 aromatic carbocycles. The van der Waals surface area contributed by atoms with Crippen LogP contribution < -0.4 is 0 Å². The van der Waals surface area contributed by atoms with E-state index in [0.717, 1.165) is 32.1 Å². The van der Waals surface area contributed by atoms with Crippen molar-refractivity contribution in [1.29, 1.82) is 0 Å². The summed E-state index contributed by atoms with van der Waals surface area (Å²) in [5.41, 5.74) is 0. The molecule has 0 saturated carbocycles. The van der Waals surface area contributed by atoms with Crippen molar-refractivity contribution in [2.24, 2.45) is 11.8 Å². The first kappa shape index (κ1) is 20.6. The Hall–Kier alpha value is -1.42. The maximum absolute atomic E-state index is 11.9. The number of allylic oxidation sites excluding steroid dienone is 3. The zero-order chi connectivity index (χ0) is 17.8. The fraction of sp³-hybridized carbons (Fsp3) is 0.700. The highest BCUT2D eigenvalue weighted by atomic mass is 16.4. The predicted octanol–water partition coefficient (Wildman–Crippen LogP) is 4.28. The molecule has 0 aromatic heterocycles. The second-order valence-corrected chi connectivity index (χ2v) is 6.75. The normalized spacial score (nSPS) is 21.7. The molecule has 0 aromatic rings. The molecule has 0 aliphatic heterocycles. The molecule has 0 spiro atoms. The maximum Gasteiger partial charge on any atom is 0.303 e. The van der Waals surface area contributed by atoms with E-state index in [9.17, 15) is 14.7 Å². The first-order valence-electron chi connectivity index (χ1n) is 9.34. The van der Waals surface area contributed by atoms with Crippen molar-refractivity contribution in [3.8, 4) is 0 Å². The smallest absolute Gasteiger partial charge is 0.303 e. The lowest BCUT2D eigenvalue weighted by Crippen LogP contribution is -2.14. The van der Waals surface area contributed by atoms with Crippen molar-refractivity contribution in [1.82, 2.24) is 0 Å². The Morgan fingerprint density at radius 2 is 1.96 bits per heavy atom. The number of carbonyl (C=O) groups excluding carboxylic acids is 1. The van der Waals surface area contributed by atoms with Gasteiger partial charge in [-0.25, -0.2) is 0 Å². The van der Waals surface area contributed by atoms with E-state index in [1.807, 2.05) is 12.2 Å². The van der Waals surface area contributed by atoms with Crippen molar-refractivity contribution >= 4 is 11.8 Å². The third-order valence-electron chi connectivity index (χ3n) is 4.62. The maximum atomic E-state index is 11.9. The molecule has 24 heavy (non-hydrogen) atoms. The number of carboxylic acids is 1. The molecule has 0 unspecified atom stereocenters. The summed E-state index contributed by atoms with van der Waals surface area (Å²) in [4.78, 5) is 22.4. The Labute approximate surface area is 145 Å². The largest absolute Gasteiger partial charge is 0.481 e. The number of aliphatic hydroxyl groups is 1. The van der Waals surface area contributed by atoms with Crippen LogP contribution in [-0.4, -0.2) is 28.1 Å². The molecule has 0 bridgehead atoms. The summed E-state index contributed by atoms with van der Waals surface area (Å²) >= 11 is 0. The molecule has 1 rings (SSSR count). The highest BCUT2D eigenvalue weighted by Crippen LogP contribution is 2.28. The fourth-order valence-electron chi connectivity index (χ4n) is 3.13. The summed E-state index contributed by atoms with van der Waals surface area (Å²) in [6, 6.07) is 0. The van der Waals surface area contributed by atoms with Gasteiger partial charge in [-0.15, -0.1) is 0 Å². The van der Waals surface area contributed by atoms with Crippen LogP contribution in [0, 0.1) is 11.8 Å². The number of hydrogen-bond donors (Lipinski definition) is 2. The summed E-state index contributed by atoms with van der Waals surface area (Å²) < 4.78 is 0. The lowest BCUT2D eigenvalue weighted by molar-refractivity contribution is -0.137. The molecule has 0 saturated heterocycles. The lowest BCUT2D eigenvalue weighted by atomic mass is 9.89. The average Bonchev–Trinajstić information content (AvgIpc) is 2.89. The molecule has 3 atom stereocenters. The number of aliphatic carboxylic acids is 1. The molecule has 2 N–H and O–H groups in total. The molecule has 4 nitrogen and oxygen atoms in total. The van der Waals surface area contributed by atoms with Gasteiger partial charge in [-0.05, 0) is 31.3 Å². The molecule has 0 amide bonds. The average molecular weight is 336 g/mol. The summed E-state index contributed by atoms with van der Waals surface area (Å²) in [6.07, 6.45) is 15.6. The predicted molar refractivity (Wildman–Crippen MR) is 95.8 cm³/mol. The molecule has 4 heteroatoms. The Bertz CT molecular complexity index is 439. The monoisotopic (exact) mass is 336 g/mol. The Morgan fingerprint density at radius 3 is 2.67 bits per heavy atom. The number of carbonyl (C=O) groups is 2. The van der Waals surface area contributed by atoms with Crippen molar-refractivity contribution in [3.05, 3.63) is 24.3 Å². The van der Waals surface area contributed by atoms with Crippen LogP contribution in [0.2, 0.25) is 0 Å². The number of unbranched alkanes of at least 4 members (excludes halogenated alkanes) is 5. The van der Waals surface area contributed by atoms with Gasteiger partial charge in [-0.1, -0.05) is 63.7 Å². The van der Waals surface area contributed by atoms with Gasteiger partial charge in [0.2, 0.25) is 0 Å². The highest BCUT2D eigenvalue weighted by Gasteiger charge is 2.27. The van der Waals surface area contributed by atoms with E-state index in [2.05, 4.69) is 6.92 Å². The zero-order valence-electron chi connectivity index (χ0n) is 14.8. The number of carboxylic acid groups (broad SMARTS) is 1. The van der Waals surface area contributed by atoms with E-state index in [1.54, 1.807) is 12.2 Å². The van der Waals surface area contributed by atoms with Gasteiger partial charge in [-0.3, -0.25) is 9.59 Å². The number of hydrogen-bond acceptors (Lipinski definition) is 3. The molecule has 1 aliphatic carbocycles. The van der Waals surface area contributed by atoms with Gasteiger partial charge in [0.1, 0.15) is 0 Å². The first-order valence-corrected chi connectivity index (χ1v) is 9.34. The van der Waals surface area contributed by atoms with Crippen molar-refractivity contribution in [2.45, 2.75) is 77.2 Å². The molecule has 1 aliphatic rings. The van der Waals surface area contributed by atoms with E-state index >= 15 is 0 Å². The fourth-order valence-corrected chi connectivity index (χ4v) is 3.13. The topological polar surface area (TPSA) is 74.6 Å². The van der Waals surface area contributed by atoms with E-state index in [0.29, 0.717) is 12.8 Å². The van der Waals surface area contributed by atoms with Crippen LogP contribution in [0.1, 0.15) is 71.1 Å². The Morgan fingerprint density at radius 1 is 1.21 bits per heavy atom. The molecule has 0 fully saturated rings. The van der Waals surface area contributed by atoms with Crippen molar-refractivity contribution < 1.29 is 19.8 Å². The van der Waals surface area contributed by atoms with Crippen molar-refractivity contribution in [3.63, 3.8) is 0 Å². The molecule has 136 valence electrons. The third kappa shape index (κ3) is 8.44. The summed E-state index contributed by atoms with van der Waals surface area (Å²) in [6.45, 7) is 2.17. The van der Waals surface area contributed by atoms with Gasteiger partial charge in [0.25, 0.3) is 0 Å². The number of ketones is 1. The Balaban J connectivity index is 2.24. The minimum atomic E-state index is -0.749. The van der Waals surface area contributed by atoms with E-state index in [4.69, 9.17) is 5.11 Å². The highest BCUT2D eigenvalue weighted by molar-refractivity contribution is 5.95. The van der Waals surface area contributed by atoms with Gasteiger partial charge in [0, 0.05) is 12.3 Å². The SMILES string of the molecule is CCCCC[C@@H]1C=CC(=O)[C@@H]1/C=C/[C@H](O)CCCCCCC(=O)O. The van der Waals surface area contributed by atoms with E-state index < -0.39 is 12.1 Å². The van der Waals surface area contributed by atoms with Crippen LogP contribution in [0.25, 0.3) is 0 Å². The van der Waals surface area contributed by atoms with Crippen LogP contribution in [-0.2, 0) is 9.59 Å². The van der Waals surface area contributed by atoms with Crippen LogP contribution >= 0.6 is 0 Å². The molecular formula is C20H32O4. The number of aliphatic hydroxyl groups excluding tert-OH is 1. The van der Waals surface area contributed by atoms with Crippen LogP contribution in [0.15, 0.2) is 24.3 Å². The van der Waals surface area contributed by atoms with Gasteiger partial charge >= 0.3 is 5.97 Å². The summed E-state index contributed by atoms with van der Waals surface area (Å²) in [5, 5.41) is 18.6. The summed E-state index contributed by atoms with van der Waals surface area (Å²) in [5.74, 6) is -0.425. The lowest BCUT2D eigenvalue weighted by Gasteiger charge is -2.15. The quantitative estimate of drug-likeness (QED) is 0.389. The third-order valence-corrected chi connectivity index (χ3v) is 4.62. The Kier molecular flexibility index (Phi) is 10.3. The molecule has 0 heterocycles. The van der Waals surface area contributed by atoms with Crippen LogP contribution in [0.4, 0.5) is 0 Å². The van der Waals surface area contributed by atoms with Gasteiger partial charge < -0.3 is 10.2 Å². The second kappa shape index (κ2) is 12.0. The summed E-state index contributed by atoms with van der Waals surface area (Å²) in [7, 11) is 0. The van der Waals surface area contributed by atoms with E-state index in [1.165, 1.54) is 12.8 Å². The minimum Gasteiger partial charge on any atom is -0.481 e. The van der Waals surface area contributed by atoms with Gasteiger partial charge in [0.05, 0.1) is 6.10 Å². The van der Waals surface area contributed by atoms with Gasteiger partial charge in [0.15, 0.2) is 5.78 Å². The van der Waals surface area contributed by atoms with Crippen LogP contribution in [0.3, 0.4) is 0 Å². The second-order valence-electron chi connectivity index (χ2n) is 6.75. The van der Waals surface area contributed by atoms with Crippen LogP contribution in [0.5, 0.6) is 0 Å². The first-order chi connectivity index (χ1) is 11.5. The van der Waals surface area contributed by atoms with Crippen molar-refractivity contribution in [2.75, 3.05) is 0 Å². The molecular weight excluding hydrogens is 304 g/mol.